The summed E-state index contributed by atoms with van der Waals surface area (Å²) in [5, 5.41) is 7.44. The number of carbonyl (C=O) groups is 3. The number of amides is 3. The molecule has 0 fully saturated rings. The van der Waals surface area contributed by atoms with Gasteiger partial charge in [-0.3, -0.25) is 14.4 Å². The molecule has 0 spiro atoms. The Morgan fingerprint density at radius 1 is 1.24 bits per heavy atom. The van der Waals surface area contributed by atoms with Crippen LogP contribution < -0.4 is 10.6 Å². The third-order valence-electron chi connectivity index (χ3n) is 3.61. The van der Waals surface area contributed by atoms with Crippen LogP contribution in [0.4, 0.5) is 5.69 Å². The van der Waals surface area contributed by atoms with Crippen molar-refractivity contribution in [1.29, 1.82) is 0 Å². The van der Waals surface area contributed by atoms with Gasteiger partial charge in [-0.15, -0.1) is 11.3 Å². The summed E-state index contributed by atoms with van der Waals surface area (Å²) >= 11 is 1.30. The number of likely N-dealkylation sites (N-methyl/N-ethyl adjacent to an activating group) is 1. The van der Waals surface area contributed by atoms with E-state index in [0.717, 1.165) is 5.56 Å². The molecule has 0 aromatic carbocycles. The molecule has 0 bridgehead atoms. The van der Waals surface area contributed by atoms with E-state index >= 15 is 0 Å². The van der Waals surface area contributed by atoms with E-state index < -0.39 is 0 Å². The molecule has 0 saturated heterocycles. The number of aryl methyl sites for hydroxylation is 1. The minimum absolute atomic E-state index is 0.0598. The molecule has 0 aliphatic carbocycles. The van der Waals surface area contributed by atoms with Crippen molar-refractivity contribution in [2.45, 2.75) is 47.5 Å². The van der Waals surface area contributed by atoms with Crippen LogP contribution in [0.3, 0.4) is 0 Å². The summed E-state index contributed by atoms with van der Waals surface area (Å²) < 4.78 is 0. The first-order valence-corrected chi connectivity index (χ1v) is 9.33. The van der Waals surface area contributed by atoms with Gasteiger partial charge in [-0.2, -0.15) is 0 Å². The fourth-order valence-corrected chi connectivity index (χ4v) is 3.05. The predicted molar refractivity (Wildman–Crippen MR) is 102 cm³/mol. The highest BCUT2D eigenvalue weighted by Crippen LogP contribution is 2.27. The Labute approximate surface area is 154 Å². The molecule has 7 heteroatoms. The Morgan fingerprint density at radius 3 is 2.44 bits per heavy atom. The van der Waals surface area contributed by atoms with Gasteiger partial charge in [-0.25, -0.2) is 0 Å². The molecule has 1 aromatic rings. The number of nitrogens with one attached hydrogen (secondary N) is 2. The molecule has 2 N–H and O–H groups in total. The Morgan fingerprint density at radius 2 is 1.88 bits per heavy atom. The lowest BCUT2D eigenvalue weighted by Gasteiger charge is -2.23. The largest absolute Gasteiger partial charge is 0.349 e. The monoisotopic (exact) mass is 367 g/mol. The van der Waals surface area contributed by atoms with Gasteiger partial charge in [0.1, 0.15) is 4.88 Å². The summed E-state index contributed by atoms with van der Waals surface area (Å²) in [7, 11) is 1.74. The topological polar surface area (TPSA) is 78.5 Å². The average molecular weight is 368 g/mol. The lowest BCUT2D eigenvalue weighted by atomic mass is 9.92. The first kappa shape index (κ1) is 21.2. The smallest absolute Gasteiger partial charge is 0.263 e. The maximum Gasteiger partial charge on any atom is 0.263 e. The van der Waals surface area contributed by atoms with Crippen LogP contribution in [0.25, 0.3) is 0 Å². The number of hydrogen-bond acceptors (Lipinski definition) is 4. The number of rotatable bonds is 7. The van der Waals surface area contributed by atoms with Crippen molar-refractivity contribution < 1.29 is 14.4 Å². The second kappa shape index (κ2) is 8.99. The lowest BCUT2D eigenvalue weighted by molar-refractivity contribution is -0.131. The van der Waals surface area contributed by atoms with E-state index in [0.29, 0.717) is 36.5 Å². The molecule has 0 aliphatic heterocycles. The summed E-state index contributed by atoms with van der Waals surface area (Å²) in [6.45, 7) is 10.5. The van der Waals surface area contributed by atoms with E-state index in [1.165, 1.54) is 11.3 Å². The number of anilines is 1. The van der Waals surface area contributed by atoms with Crippen LogP contribution in [-0.2, 0) is 9.59 Å². The van der Waals surface area contributed by atoms with Crippen molar-refractivity contribution in [3.05, 3.63) is 15.8 Å². The van der Waals surface area contributed by atoms with Gasteiger partial charge >= 0.3 is 0 Å². The van der Waals surface area contributed by atoms with Crippen LogP contribution in [0.2, 0.25) is 0 Å². The Kier molecular flexibility index (Phi) is 7.60. The van der Waals surface area contributed by atoms with Crippen LogP contribution in [0.1, 0.15) is 55.8 Å². The summed E-state index contributed by atoms with van der Waals surface area (Å²) in [4.78, 5) is 38.2. The van der Waals surface area contributed by atoms with E-state index in [4.69, 9.17) is 0 Å². The molecule has 0 saturated carbocycles. The van der Waals surface area contributed by atoms with Gasteiger partial charge in [0.05, 0.1) is 5.69 Å². The summed E-state index contributed by atoms with van der Waals surface area (Å²) in [6, 6.07) is 0. The maximum absolute atomic E-state index is 12.4. The molecular weight excluding hydrogens is 338 g/mol. The predicted octanol–water partition coefficient (Wildman–Crippen LogP) is 3.03. The van der Waals surface area contributed by atoms with E-state index in [1.54, 1.807) is 18.9 Å². The zero-order chi connectivity index (χ0) is 19.2. The van der Waals surface area contributed by atoms with Crippen molar-refractivity contribution in [2.24, 2.45) is 5.41 Å². The third-order valence-corrected chi connectivity index (χ3v) is 4.70. The van der Waals surface area contributed by atoms with E-state index in [2.05, 4.69) is 10.6 Å². The number of nitrogens with zero attached hydrogens (tertiary/aromatic N) is 1. The number of hydrogen-bond donors (Lipinski definition) is 2. The highest BCUT2D eigenvalue weighted by Gasteiger charge is 2.20. The molecule has 0 radical (unpaired) electrons. The van der Waals surface area contributed by atoms with E-state index in [9.17, 15) is 14.4 Å². The molecule has 0 atom stereocenters. The molecule has 140 valence electrons. The molecular formula is C18H29N3O3S. The minimum atomic E-state index is -0.235. The Hall–Kier alpha value is -1.89. The van der Waals surface area contributed by atoms with Crippen LogP contribution in [0.5, 0.6) is 0 Å². The minimum Gasteiger partial charge on any atom is -0.349 e. The lowest BCUT2D eigenvalue weighted by Crippen LogP contribution is -2.37. The average Bonchev–Trinajstić information content (AvgIpc) is 2.86. The van der Waals surface area contributed by atoms with Crippen LogP contribution in [0, 0.1) is 12.3 Å². The molecule has 1 heterocycles. The fraction of sp³-hybridized carbons (Fsp3) is 0.611. The Bertz CT molecular complexity index is 632. The van der Waals surface area contributed by atoms with Crippen LogP contribution in [-0.4, -0.2) is 42.8 Å². The highest BCUT2D eigenvalue weighted by atomic mass is 32.1. The molecule has 3 amide bonds. The van der Waals surface area contributed by atoms with Gasteiger partial charge in [0.2, 0.25) is 11.8 Å². The molecule has 1 rings (SSSR count). The summed E-state index contributed by atoms with van der Waals surface area (Å²) in [5.41, 5.74) is 1.39. The van der Waals surface area contributed by atoms with Crippen LogP contribution >= 0.6 is 11.3 Å². The van der Waals surface area contributed by atoms with E-state index in [1.807, 2.05) is 33.1 Å². The van der Waals surface area contributed by atoms with Crippen molar-refractivity contribution >= 4 is 34.7 Å². The van der Waals surface area contributed by atoms with Gasteiger partial charge in [-0.1, -0.05) is 27.7 Å². The molecule has 25 heavy (non-hydrogen) atoms. The van der Waals surface area contributed by atoms with Gasteiger partial charge in [-0.05, 0) is 23.3 Å². The van der Waals surface area contributed by atoms with E-state index in [-0.39, 0.29) is 23.1 Å². The van der Waals surface area contributed by atoms with Gasteiger partial charge in [0.25, 0.3) is 5.91 Å². The van der Waals surface area contributed by atoms with Gasteiger partial charge in [0, 0.05) is 33.0 Å². The third kappa shape index (κ3) is 6.86. The first-order chi connectivity index (χ1) is 11.5. The Balaban J connectivity index is 2.58. The van der Waals surface area contributed by atoms with Crippen molar-refractivity contribution in [1.82, 2.24) is 10.2 Å². The quantitative estimate of drug-likeness (QED) is 0.777. The maximum atomic E-state index is 12.4. The molecule has 0 aliphatic rings. The number of thiophene rings is 1. The van der Waals surface area contributed by atoms with Crippen molar-refractivity contribution in [2.75, 3.05) is 25.5 Å². The second-order valence-electron chi connectivity index (χ2n) is 7.33. The summed E-state index contributed by atoms with van der Waals surface area (Å²) in [5.74, 6) is -0.297. The standard InChI is InChI=1S/C18H29N3O3S/c1-7-13(22)20-15-12(2)11-25-16(15)17(24)19-8-9-21(6)14(23)10-18(3,4)5/h11H,7-10H2,1-6H3,(H,19,24)(H,20,22). The zero-order valence-corrected chi connectivity index (χ0v) is 16.8. The fourth-order valence-electron chi connectivity index (χ4n) is 2.13. The molecule has 6 nitrogen and oxygen atoms in total. The van der Waals surface area contributed by atoms with Gasteiger partial charge in [0.15, 0.2) is 0 Å². The normalized spacial score (nSPS) is 11.1. The van der Waals surface area contributed by atoms with Crippen LogP contribution in [0.15, 0.2) is 5.38 Å². The van der Waals surface area contributed by atoms with Gasteiger partial charge < -0.3 is 15.5 Å². The SMILES string of the molecule is CCC(=O)Nc1c(C)csc1C(=O)NCCN(C)C(=O)CC(C)(C)C. The molecule has 1 aromatic heterocycles. The summed E-state index contributed by atoms with van der Waals surface area (Å²) in [6.07, 6.45) is 0.825. The van der Waals surface area contributed by atoms with Crippen molar-refractivity contribution in [3.8, 4) is 0 Å². The molecule has 0 unspecified atom stereocenters. The second-order valence-corrected chi connectivity index (χ2v) is 8.21. The zero-order valence-electron chi connectivity index (χ0n) is 16.0. The number of carbonyl (C=O) groups excluding carboxylic acids is 3. The van der Waals surface area contributed by atoms with Crippen molar-refractivity contribution in [3.63, 3.8) is 0 Å². The highest BCUT2D eigenvalue weighted by molar-refractivity contribution is 7.13. The first-order valence-electron chi connectivity index (χ1n) is 8.45.